The number of amides is 2. The van der Waals surface area contributed by atoms with Gasteiger partial charge in [0.25, 0.3) is 0 Å². The fourth-order valence-corrected chi connectivity index (χ4v) is 4.32. The lowest BCUT2D eigenvalue weighted by molar-refractivity contribution is -0.122. The molecule has 0 atom stereocenters. The SMILES string of the molecule is NC(=O)CCCCC(=O)NC1CCC(CC2CCCCC2)CC1. The second kappa shape index (κ2) is 9.94. The Morgan fingerprint density at radius 3 is 2.09 bits per heavy atom. The van der Waals surface area contributed by atoms with E-state index in [1.54, 1.807) is 0 Å². The van der Waals surface area contributed by atoms with E-state index in [0.717, 1.165) is 37.5 Å². The number of hydrogen-bond acceptors (Lipinski definition) is 2. The topological polar surface area (TPSA) is 72.2 Å². The maximum Gasteiger partial charge on any atom is 0.220 e. The lowest BCUT2D eigenvalue weighted by atomic mass is 9.76. The Kier molecular flexibility index (Phi) is 7.90. The summed E-state index contributed by atoms with van der Waals surface area (Å²) >= 11 is 0. The van der Waals surface area contributed by atoms with E-state index in [1.165, 1.54) is 51.4 Å². The molecule has 4 heteroatoms. The quantitative estimate of drug-likeness (QED) is 0.669. The highest BCUT2D eigenvalue weighted by Crippen LogP contribution is 2.35. The van der Waals surface area contributed by atoms with Gasteiger partial charge in [-0.25, -0.2) is 0 Å². The Balaban J connectivity index is 1.55. The van der Waals surface area contributed by atoms with Crippen molar-refractivity contribution in [3.8, 4) is 0 Å². The van der Waals surface area contributed by atoms with Crippen molar-refractivity contribution < 1.29 is 9.59 Å². The van der Waals surface area contributed by atoms with E-state index in [1.807, 2.05) is 0 Å². The van der Waals surface area contributed by atoms with Gasteiger partial charge in [-0.05, 0) is 56.8 Å². The van der Waals surface area contributed by atoms with E-state index >= 15 is 0 Å². The third-order valence-corrected chi connectivity index (χ3v) is 5.68. The van der Waals surface area contributed by atoms with E-state index in [4.69, 9.17) is 5.73 Å². The fraction of sp³-hybridized carbons (Fsp3) is 0.895. The number of unbranched alkanes of at least 4 members (excludes halogenated alkanes) is 1. The van der Waals surface area contributed by atoms with E-state index in [2.05, 4.69) is 5.32 Å². The van der Waals surface area contributed by atoms with E-state index in [9.17, 15) is 9.59 Å². The van der Waals surface area contributed by atoms with Gasteiger partial charge in [0.2, 0.25) is 11.8 Å². The summed E-state index contributed by atoms with van der Waals surface area (Å²) in [6, 6.07) is 0.376. The number of hydrogen-bond donors (Lipinski definition) is 2. The summed E-state index contributed by atoms with van der Waals surface area (Å²) in [7, 11) is 0. The molecule has 0 aromatic rings. The zero-order chi connectivity index (χ0) is 16.5. The van der Waals surface area contributed by atoms with Crippen molar-refractivity contribution in [3.63, 3.8) is 0 Å². The minimum atomic E-state index is -0.276. The van der Waals surface area contributed by atoms with Crippen LogP contribution in [-0.2, 0) is 9.59 Å². The Morgan fingerprint density at radius 1 is 0.826 bits per heavy atom. The molecule has 2 saturated carbocycles. The molecule has 2 aliphatic carbocycles. The van der Waals surface area contributed by atoms with Crippen molar-refractivity contribution in [1.82, 2.24) is 5.32 Å². The van der Waals surface area contributed by atoms with Crippen LogP contribution in [0, 0.1) is 11.8 Å². The van der Waals surface area contributed by atoms with Crippen LogP contribution in [0.15, 0.2) is 0 Å². The Hall–Kier alpha value is -1.06. The third kappa shape index (κ3) is 7.36. The van der Waals surface area contributed by atoms with Crippen LogP contribution in [0.5, 0.6) is 0 Å². The van der Waals surface area contributed by atoms with Crippen LogP contribution >= 0.6 is 0 Å². The minimum absolute atomic E-state index is 0.144. The molecule has 0 aromatic heterocycles. The van der Waals surface area contributed by atoms with E-state index in [0.29, 0.717) is 18.9 Å². The monoisotopic (exact) mass is 322 g/mol. The molecule has 4 nitrogen and oxygen atoms in total. The predicted molar refractivity (Wildman–Crippen MR) is 92.7 cm³/mol. The molecule has 0 saturated heterocycles. The molecule has 0 spiro atoms. The van der Waals surface area contributed by atoms with Crippen molar-refractivity contribution in [1.29, 1.82) is 0 Å². The predicted octanol–water partition coefficient (Wildman–Crippen LogP) is 3.68. The average Bonchev–Trinajstić information content (AvgIpc) is 2.54. The highest BCUT2D eigenvalue weighted by Gasteiger charge is 2.25. The van der Waals surface area contributed by atoms with Crippen molar-refractivity contribution in [2.45, 2.75) is 95.9 Å². The molecule has 23 heavy (non-hydrogen) atoms. The van der Waals surface area contributed by atoms with Crippen molar-refractivity contribution in [3.05, 3.63) is 0 Å². The van der Waals surface area contributed by atoms with Gasteiger partial charge in [0.1, 0.15) is 0 Å². The first-order valence-corrected chi connectivity index (χ1v) is 9.71. The van der Waals surface area contributed by atoms with Gasteiger partial charge >= 0.3 is 0 Å². The second-order valence-corrected chi connectivity index (χ2v) is 7.70. The summed E-state index contributed by atoms with van der Waals surface area (Å²) in [5.41, 5.74) is 5.10. The lowest BCUT2D eigenvalue weighted by Crippen LogP contribution is -2.37. The summed E-state index contributed by atoms with van der Waals surface area (Å²) < 4.78 is 0. The molecule has 0 unspecified atom stereocenters. The van der Waals surface area contributed by atoms with Crippen molar-refractivity contribution >= 4 is 11.8 Å². The second-order valence-electron chi connectivity index (χ2n) is 7.70. The van der Waals surface area contributed by atoms with Gasteiger partial charge in [-0.3, -0.25) is 9.59 Å². The Bertz CT molecular complexity index is 370. The lowest BCUT2D eigenvalue weighted by Gasteiger charge is -2.32. The molecule has 2 rings (SSSR count). The van der Waals surface area contributed by atoms with Crippen LogP contribution in [0.1, 0.15) is 89.9 Å². The maximum atomic E-state index is 11.9. The zero-order valence-electron chi connectivity index (χ0n) is 14.5. The van der Waals surface area contributed by atoms with Crippen LogP contribution in [0.25, 0.3) is 0 Å². The van der Waals surface area contributed by atoms with Gasteiger partial charge in [0.15, 0.2) is 0 Å². The largest absolute Gasteiger partial charge is 0.370 e. The van der Waals surface area contributed by atoms with Gasteiger partial charge < -0.3 is 11.1 Å². The van der Waals surface area contributed by atoms with Gasteiger partial charge in [-0.2, -0.15) is 0 Å². The van der Waals surface area contributed by atoms with Crippen LogP contribution in [0.2, 0.25) is 0 Å². The number of carbonyl (C=O) groups is 2. The highest BCUT2D eigenvalue weighted by molar-refractivity contribution is 5.76. The van der Waals surface area contributed by atoms with E-state index < -0.39 is 0 Å². The molecule has 2 fully saturated rings. The summed E-state index contributed by atoms with van der Waals surface area (Å²) in [5.74, 6) is 1.74. The van der Waals surface area contributed by atoms with Crippen molar-refractivity contribution in [2.75, 3.05) is 0 Å². The molecular weight excluding hydrogens is 288 g/mol. The number of nitrogens with two attached hydrogens (primary N) is 1. The number of carbonyl (C=O) groups excluding carboxylic acids is 2. The van der Waals surface area contributed by atoms with Gasteiger partial charge in [-0.15, -0.1) is 0 Å². The molecule has 0 bridgehead atoms. The average molecular weight is 322 g/mol. The molecule has 132 valence electrons. The smallest absolute Gasteiger partial charge is 0.220 e. The van der Waals surface area contributed by atoms with Gasteiger partial charge in [0.05, 0.1) is 0 Å². The molecule has 0 aliphatic heterocycles. The fourth-order valence-electron chi connectivity index (χ4n) is 4.32. The molecule has 0 radical (unpaired) electrons. The first-order chi connectivity index (χ1) is 11.1. The number of primary amides is 1. The third-order valence-electron chi connectivity index (χ3n) is 5.68. The first kappa shape index (κ1) is 18.3. The molecule has 0 aromatic carbocycles. The molecule has 2 amide bonds. The zero-order valence-corrected chi connectivity index (χ0v) is 14.5. The Morgan fingerprint density at radius 2 is 1.43 bits per heavy atom. The Labute approximate surface area is 141 Å². The minimum Gasteiger partial charge on any atom is -0.370 e. The number of nitrogens with one attached hydrogen (secondary N) is 1. The van der Waals surface area contributed by atoms with Gasteiger partial charge in [0, 0.05) is 18.9 Å². The molecular formula is C19H34N2O2. The standard InChI is InChI=1S/C19H34N2O2/c20-18(22)8-4-5-9-19(23)21-17-12-10-16(11-13-17)14-15-6-2-1-3-7-15/h15-17H,1-14H2,(H2,20,22)(H,21,23). The van der Waals surface area contributed by atoms with Crippen LogP contribution in [0.4, 0.5) is 0 Å². The van der Waals surface area contributed by atoms with Crippen LogP contribution < -0.4 is 11.1 Å². The van der Waals surface area contributed by atoms with E-state index in [-0.39, 0.29) is 11.8 Å². The normalized spacial score (nSPS) is 25.9. The molecule has 0 heterocycles. The first-order valence-electron chi connectivity index (χ1n) is 9.71. The van der Waals surface area contributed by atoms with Crippen LogP contribution in [-0.4, -0.2) is 17.9 Å². The van der Waals surface area contributed by atoms with Gasteiger partial charge in [-0.1, -0.05) is 32.1 Å². The summed E-state index contributed by atoms with van der Waals surface area (Å²) in [6.45, 7) is 0. The molecule has 3 N–H and O–H groups in total. The van der Waals surface area contributed by atoms with Crippen molar-refractivity contribution in [2.24, 2.45) is 17.6 Å². The van der Waals surface area contributed by atoms with Crippen LogP contribution in [0.3, 0.4) is 0 Å². The maximum absolute atomic E-state index is 11.9. The summed E-state index contributed by atoms with van der Waals surface area (Å²) in [5, 5.41) is 3.18. The number of rotatable bonds is 8. The summed E-state index contributed by atoms with van der Waals surface area (Å²) in [6.07, 6.45) is 15.9. The molecule has 2 aliphatic rings. The highest BCUT2D eigenvalue weighted by atomic mass is 16.2. The summed E-state index contributed by atoms with van der Waals surface area (Å²) in [4.78, 5) is 22.6.